The van der Waals surface area contributed by atoms with Gasteiger partial charge in [-0.2, -0.15) is 13.2 Å². The molecule has 1 fully saturated rings. The van der Waals surface area contributed by atoms with Gasteiger partial charge in [0.15, 0.2) is 0 Å². The van der Waals surface area contributed by atoms with E-state index >= 15 is 0 Å². The van der Waals surface area contributed by atoms with Gasteiger partial charge in [-0.15, -0.1) is 0 Å². The summed E-state index contributed by atoms with van der Waals surface area (Å²) in [6.45, 7) is 3.00. The Kier molecular flexibility index (Phi) is 5.51. The van der Waals surface area contributed by atoms with Crippen LogP contribution in [0.2, 0.25) is 0 Å². The first-order valence-corrected chi connectivity index (χ1v) is 8.33. The molecule has 1 atom stereocenters. The smallest absolute Gasteiger partial charge is 0.354 e. The average molecular weight is 364 g/mol. The molecule has 2 aromatic rings. The molecule has 26 heavy (non-hydrogen) atoms. The molecule has 0 saturated carbocycles. The summed E-state index contributed by atoms with van der Waals surface area (Å²) >= 11 is 0. The molecule has 0 bridgehead atoms. The van der Waals surface area contributed by atoms with Crippen molar-refractivity contribution in [2.45, 2.75) is 12.1 Å². The Morgan fingerprint density at radius 1 is 1.15 bits per heavy atom. The van der Waals surface area contributed by atoms with E-state index in [1.54, 1.807) is 18.5 Å². The number of piperazine rings is 1. The Morgan fingerprint density at radius 2 is 1.92 bits per heavy atom. The molecule has 3 rings (SSSR count). The Bertz CT molecular complexity index is 731. The lowest BCUT2D eigenvalue weighted by Gasteiger charge is -2.36. The lowest BCUT2D eigenvalue weighted by molar-refractivity contribution is -0.137. The second-order valence-electron chi connectivity index (χ2n) is 6.22. The highest BCUT2D eigenvalue weighted by Crippen LogP contribution is 2.31. The van der Waals surface area contributed by atoms with Crippen LogP contribution in [0.4, 0.5) is 19.0 Å². The van der Waals surface area contributed by atoms with Crippen molar-refractivity contribution >= 4 is 12.1 Å². The van der Waals surface area contributed by atoms with Gasteiger partial charge in [0.25, 0.3) is 0 Å². The van der Waals surface area contributed by atoms with E-state index in [-0.39, 0.29) is 5.92 Å². The van der Waals surface area contributed by atoms with Crippen LogP contribution >= 0.6 is 0 Å². The highest BCUT2D eigenvalue weighted by molar-refractivity contribution is 5.62. The second kappa shape index (κ2) is 7.82. The maximum absolute atomic E-state index is 12.8. The van der Waals surface area contributed by atoms with Crippen LogP contribution in [0.15, 0.2) is 42.9 Å². The average Bonchev–Trinajstić information content (AvgIpc) is 2.67. The number of aldehydes is 1. The van der Waals surface area contributed by atoms with Gasteiger partial charge in [-0.1, -0.05) is 6.07 Å². The number of pyridine rings is 2. The van der Waals surface area contributed by atoms with Crippen LogP contribution in [0.1, 0.15) is 17.0 Å². The zero-order chi connectivity index (χ0) is 18.6. The molecule has 8 heteroatoms. The molecule has 138 valence electrons. The quantitative estimate of drug-likeness (QED) is 0.764. The molecule has 1 unspecified atom stereocenters. The molecular formula is C18H19F3N4O. The van der Waals surface area contributed by atoms with Crippen molar-refractivity contribution in [2.75, 3.05) is 37.6 Å². The van der Waals surface area contributed by atoms with Crippen molar-refractivity contribution in [1.29, 1.82) is 0 Å². The zero-order valence-electron chi connectivity index (χ0n) is 14.1. The molecule has 1 aliphatic heterocycles. The summed E-state index contributed by atoms with van der Waals surface area (Å²) in [6, 6.07) is 5.72. The summed E-state index contributed by atoms with van der Waals surface area (Å²) in [4.78, 5) is 23.5. The third-order valence-corrected chi connectivity index (χ3v) is 4.50. The molecule has 3 heterocycles. The number of hydrogen-bond donors (Lipinski definition) is 0. The second-order valence-corrected chi connectivity index (χ2v) is 6.22. The Labute approximate surface area is 149 Å². The number of hydrogen-bond acceptors (Lipinski definition) is 5. The van der Waals surface area contributed by atoms with Gasteiger partial charge in [-0.3, -0.25) is 9.88 Å². The number of nitrogens with zero attached hydrogens (tertiary/aromatic N) is 4. The van der Waals surface area contributed by atoms with Gasteiger partial charge in [0.2, 0.25) is 0 Å². The molecule has 0 aliphatic carbocycles. The minimum atomic E-state index is -4.37. The number of anilines is 1. The van der Waals surface area contributed by atoms with Gasteiger partial charge in [0.05, 0.1) is 11.5 Å². The summed E-state index contributed by atoms with van der Waals surface area (Å²) in [7, 11) is 0. The highest BCUT2D eigenvalue weighted by Gasteiger charge is 2.31. The lowest BCUT2D eigenvalue weighted by Crippen LogP contribution is -2.48. The summed E-state index contributed by atoms with van der Waals surface area (Å²) < 4.78 is 38.5. The topological polar surface area (TPSA) is 49.3 Å². The van der Waals surface area contributed by atoms with Crippen molar-refractivity contribution < 1.29 is 18.0 Å². The van der Waals surface area contributed by atoms with Gasteiger partial charge < -0.3 is 9.69 Å². The monoisotopic (exact) mass is 364 g/mol. The molecule has 1 saturated heterocycles. The predicted molar refractivity (Wildman–Crippen MR) is 90.9 cm³/mol. The van der Waals surface area contributed by atoms with Crippen molar-refractivity contribution in [1.82, 2.24) is 14.9 Å². The number of alkyl halides is 3. The minimum absolute atomic E-state index is 0.262. The third-order valence-electron chi connectivity index (χ3n) is 4.50. The maximum Gasteiger partial charge on any atom is 0.416 e. The largest absolute Gasteiger partial charge is 0.416 e. The van der Waals surface area contributed by atoms with Crippen molar-refractivity contribution in [3.05, 3.63) is 54.0 Å². The summed E-state index contributed by atoms with van der Waals surface area (Å²) in [5, 5.41) is 0. The fraction of sp³-hybridized carbons (Fsp3) is 0.389. The first-order valence-electron chi connectivity index (χ1n) is 8.33. The van der Waals surface area contributed by atoms with Crippen molar-refractivity contribution in [2.24, 2.45) is 0 Å². The SMILES string of the molecule is O=CC(CN1CCN(c2cc(C(F)(F)F)ccn2)CC1)c1cccnc1. The number of halogens is 3. The van der Waals surface area contributed by atoms with Crippen LogP contribution in [0.3, 0.4) is 0 Å². The number of rotatable bonds is 5. The van der Waals surface area contributed by atoms with E-state index in [1.807, 2.05) is 11.0 Å². The van der Waals surface area contributed by atoms with E-state index in [1.165, 1.54) is 6.20 Å². The van der Waals surface area contributed by atoms with Gasteiger partial charge >= 0.3 is 6.18 Å². The number of aromatic nitrogens is 2. The molecule has 0 radical (unpaired) electrons. The van der Waals surface area contributed by atoms with E-state index in [2.05, 4.69) is 14.9 Å². The van der Waals surface area contributed by atoms with E-state index in [0.29, 0.717) is 38.5 Å². The molecule has 5 nitrogen and oxygen atoms in total. The third kappa shape index (κ3) is 4.37. The molecule has 2 aromatic heterocycles. The van der Waals surface area contributed by atoms with Crippen LogP contribution in [-0.4, -0.2) is 53.9 Å². The van der Waals surface area contributed by atoms with E-state index in [0.717, 1.165) is 24.0 Å². The van der Waals surface area contributed by atoms with Crippen LogP contribution in [0.5, 0.6) is 0 Å². The Balaban J connectivity index is 1.60. The fourth-order valence-corrected chi connectivity index (χ4v) is 3.03. The summed E-state index contributed by atoms with van der Waals surface area (Å²) in [6.07, 6.45) is 1.07. The number of carbonyl (C=O) groups is 1. The zero-order valence-corrected chi connectivity index (χ0v) is 14.1. The molecule has 0 amide bonds. The Morgan fingerprint density at radius 3 is 2.54 bits per heavy atom. The molecule has 0 spiro atoms. The number of carbonyl (C=O) groups excluding carboxylic acids is 1. The van der Waals surface area contributed by atoms with Gasteiger partial charge in [-0.05, 0) is 23.8 Å². The Hall–Kier alpha value is -2.48. The molecule has 0 N–H and O–H groups in total. The van der Waals surface area contributed by atoms with Crippen LogP contribution in [-0.2, 0) is 11.0 Å². The lowest BCUT2D eigenvalue weighted by atomic mass is 10.0. The predicted octanol–water partition coefficient (Wildman–Crippen LogP) is 2.60. The van der Waals surface area contributed by atoms with Crippen molar-refractivity contribution in [3.63, 3.8) is 0 Å². The van der Waals surface area contributed by atoms with Gasteiger partial charge in [-0.25, -0.2) is 4.98 Å². The summed E-state index contributed by atoms with van der Waals surface area (Å²) in [5.41, 5.74) is 0.173. The van der Waals surface area contributed by atoms with Crippen LogP contribution < -0.4 is 4.90 Å². The normalized spacial score (nSPS) is 17.1. The minimum Gasteiger partial charge on any atom is -0.354 e. The van der Waals surface area contributed by atoms with Crippen LogP contribution in [0, 0.1) is 0 Å². The molecule has 1 aliphatic rings. The fourth-order valence-electron chi connectivity index (χ4n) is 3.03. The molecule has 0 aromatic carbocycles. The van der Waals surface area contributed by atoms with E-state index in [4.69, 9.17) is 0 Å². The van der Waals surface area contributed by atoms with Gasteiger partial charge in [0.1, 0.15) is 12.1 Å². The van der Waals surface area contributed by atoms with E-state index in [9.17, 15) is 18.0 Å². The molecular weight excluding hydrogens is 345 g/mol. The first kappa shape index (κ1) is 18.3. The summed E-state index contributed by atoms with van der Waals surface area (Å²) in [5.74, 6) is 0.0700. The maximum atomic E-state index is 12.8. The van der Waals surface area contributed by atoms with E-state index < -0.39 is 11.7 Å². The van der Waals surface area contributed by atoms with Crippen LogP contribution in [0.25, 0.3) is 0 Å². The highest BCUT2D eigenvalue weighted by atomic mass is 19.4. The van der Waals surface area contributed by atoms with Crippen molar-refractivity contribution in [3.8, 4) is 0 Å². The standard InChI is InChI=1S/C18H19F3N4O/c19-18(20,21)16-3-5-23-17(10-16)25-8-6-24(7-9-25)12-15(13-26)14-2-1-4-22-11-14/h1-5,10-11,13,15H,6-9,12H2. The van der Waals surface area contributed by atoms with Gasteiger partial charge in [0, 0.05) is 51.3 Å². The first-order chi connectivity index (χ1) is 12.5.